The van der Waals surface area contributed by atoms with Gasteiger partial charge in [-0.15, -0.1) is 11.3 Å². The number of hydrogen-bond donors (Lipinski definition) is 1. The molecule has 4 heteroatoms. The molecule has 0 spiro atoms. The summed E-state index contributed by atoms with van der Waals surface area (Å²) in [6.07, 6.45) is 5.46. The lowest BCUT2D eigenvalue weighted by molar-refractivity contribution is 0.795. The van der Waals surface area contributed by atoms with E-state index in [0.29, 0.717) is 5.95 Å². The van der Waals surface area contributed by atoms with Crippen LogP contribution in [-0.4, -0.2) is 9.38 Å². The van der Waals surface area contributed by atoms with Crippen molar-refractivity contribution in [1.29, 1.82) is 0 Å². The summed E-state index contributed by atoms with van der Waals surface area (Å²) in [6, 6.07) is 8.76. The first-order valence-electron chi connectivity index (χ1n) is 6.59. The van der Waals surface area contributed by atoms with Crippen LogP contribution in [0.15, 0.2) is 35.8 Å². The van der Waals surface area contributed by atoms with Crippen LogP contribution in [0.25, 0.3) is 16.1 Å². The Kier molecular flexibility index (Phi) is 3.25. The molecule has 2 N–H and O–H groups in total. The first-order valence-corrected chi connectivity index (χ1v) is 7.47. The van der Waals surface area contributed by atoms with Gasteiger partial charge in [-0.25, -0.2) is 4.98 Å². The molecule has 0 saturated carbocycles. The summed E-state index contributed by atoms with van der Waals surface area (Å²) < 4.78 is 2.01. The quantitative estimate of drug-likeness (QED) is 0.779. The number of imidazole rings is 1. The van der Waals surface area contributed by atoms with Crippen LogP contribution < -0.4 is 5.73 Å². The van der Waals surface area contributed by atoms with Crippen LogP contribution in [0.2, 0.25) is 0 Å². The minimum Gasteiger partial charge on any atom is -0.369 e. The van der Waals surface area contributed by atoms with E-state index < -0.39 is 0 Å². The first-order chi connectivity index (χ1) is 9.29. The maximum Gasteiger partial charge on any atom is 0.206 e. The lowest BCUT2D eigenvalue weighted by Gasteiger charge is -2.04. The fourth-order valence-electron chi connectivity index (χ4n) is 2.26. The van der Waals surface area contributed by atoms with Crippen molar-refractivity contribution >= 4 is 22.1 Å². The number of unbranched alkanes of at least 4 members (excludes halogenated alkanes) is 1. The number of rotatable bonds is 4. The van der Waals surface area contributed by atoms with Crippen LogP contribution in [0.1, 0.15) is 25.3 Å². The number of fused-ring (bicyclic) bond motifs is 1. The highest BCUT2D eigenvalue weighted by Gasteiger charge is 2.09. The van der Waals surface area contributed by atoms with Gasteiger partial charge in [0.15, 0.2) is 0 Å². The predicted octanol–water partition coefficient (Wildman–Crippen LogP) is 3.99. The second-order valence-corrected chi connectivity index (χ2v) is 5.60. The standard InChI is InChI=1S/C15H17N3S/c1-2-3-4-11-5-7-12(8-6-11)13-10-19-14-9-17-15(16)18(13)14/h5-10H,2-4H2,1H3,(H2,16,17). The van der Waals surface area contributed by atoms with Gasteiger partial charge < -0.3 is 5.73 Å². The molecule has 3 aromatic rings. The molecule has 0 saturated heterocycles. The van der Waals surface area contributed by atoms with E-state index >= 15 is 0 Å². The number of hydrogen-bond acceptors (Lipinski definition) is 3. The van der Waals surface area contributed by atoms with E-state index in [1.165, 1.54) is 24.0 Å². The number of nitrogens with zero attached hydrogens (tertiary/aromatic N) is 2. The molecule has 1 aromatic carbocycles. The summed E-state index contributed by atoms with van der Waals surface area (Å²) in [6.45, 7) is 2.22. The molecule has 0 atom stereocenters. The van der Waals surface area contributed by atoms with Crippen LogP contribution in [-0.2, 0) is 6.42 Å². The summed E-state index contributed by atoms with van der Waals surface area (Å²) in [5.41, 5.74) is 9.62. The molecule has 0 amide bonds. The zero-order chi connectivity index (χ0) is 13.2. The van der Waals surface area contributed by atoms with Crippen molar-refractivity contribution in [3.05, 3.63) is 41.4 Å². The Bertz CT molecular complexity index is 679. The van der Waals surface area contributed by atoms with Gasteiger partial charge >= 0.3 is 0 Å². The Labute approximate surface area is 116 Å². The normalized spacial score (nSPS) is 11.2. The number of benzene rings is 1. The van der Waals surface area contributed by atoms with Gasteiger partial charge in [0, 0.05) is 5.38 Å². The number of aryl methyl sites for hydroxylation is 1. The van der Waals surface area contributed by atoms with E-state index in [0.717, 1.165) is 16.9 Å². The third kappa shape index (κ3) is 2.24. The number of nitrogens with two attached hydrogens (primary N) is 1. The van der Waals surface area contributed by atoms with Gasteiger partial charge in [0.1, 0.15) is 4.83 Å². The topological polar surface area (TPSA) is 43.3 Å². The monoisotopic (exact) mass is 271 g/mol. The van der Waals surface area contributed by atoms with Crippen molar-refractivity contribution < 1.29 is 0 Å². The average Bonchev–Trinajstić information content (AvgIpc) is 3.01. The largest absolute Gasteiger partial charge is 0.369 e. The minimum absolute atomic E-state index is 0.557. The van der Waals surface area contributed by atoms with Gasteiger partial charge in [-0.2, -0.15) is 0 Å². The lowest BCUT2D eigenvalue weighted by Crippen LogP contribution is -1.95. The summed E-state index contributed by atoms with van der Waals surface area (Å²) in [5.74, 6) is 0.557. The molecular weight excluding hydrogens is 254 g/mol. The molecule has 0 aliphatic heterocycles. The Balaban J connectivity index is 1.95. The molecule has 98 valence electrons. The fraction of sp³-hybridized carbons (Fsp3) is 0.267. The van der Waals surface area contributed by atoms with Crippen molar-refractivity contribution in [2.45, 2.75) is 26.2 Å². The van der Waals surface area contributed by atoms with Crippen LogP contribution in [0.4, 0.5) is 5.95 Å². The Hall–Kier alpha value is -1.81. The highest BCUT2D eigenvalue weighted by molar-refractivity contribution is 7.16. The van der Waals surface area contributed by atoms with Gasteiger partial charge in [-0.1, -0.05) is 37.6 Å². The number of nitrogen functional groups attached to an aromatic ring is 1. The molecule has 0 unspecified atom stereocenters. The van der Waals surface area contributed by atoms with E-state index in [4.69, 9.17) is 5.73 Å². The van der Waals surface area contributed by atoms with Crippen molar-refractivity contribution in [2.75, 3.05) is 5.73 Å². The third-order valence-corrected chi connectivity index (χ3v) is 4.23. The Morgan fingerprint density at radius 2 is 2.05 bits per heavy atom. The molecule has 0 fully saturated rings. The van der Waals surface area contributed by atoms with Crippen molar-refractivity contribution in [2.24, 2.45) is 0 Å². The molecule has 0 aliphatic carbocycles. The molecular formula is C15H17N3S. The second kappa shape index (κ2) is 5.05. The maximum atomic E-state index is 5.91. The highest BCUT2D eigenvalue weighted by Crippen LogP contribution is 2.28. The Morgan fingerprint density at radius 3 is 2.79 bits per heavy atom. The van der Waals surface area contributed by atoms with E-state index in [1.54, 1.807) is 11.3 Å². The predicted molar refractivity (Wildman–Crippen MR) is 81.5 cm³/mol. The number of aromatic nitrogens is 2. The summed E-state index contributed by atoms with van der Waals surface area (Å²) in [5, 5.41) is 2.13. The van der Waals surface area contributed by atoms with Gasteiger partial charge in [0.25, 0.3) is 0 Å². The molecule has 3 rings (SSSR count). The van der Waals surface area contributed by atoms with Crippen LogP contribution in [0, 0.1) is 0 Å². The number of thiazole rings is 1. The zero-order valence-corrected chi connectivity index (χ0v) is 11.8. The molecule has 0 radical (unpaired) electrons. The van der Waals surface area contributed by atoms with E-state index in [1.807, 2.05) is 10.6 Å². The molecule has 0 aliphatic rings. The third-order valence-electron chi connectivity index (χ3n) is 3.36. The molecule has 3 nitrogen and oxygen atoms in total. The van der Waals surface area contributed by atoms with Gasteiger partial charge in [-0.05, 0) is 24.0 Å². The molecule has 2 aromatic heterocycles. The van der Waals surface area contributed by atoms with Gasteiger partial charge in [-0.3, -0.25) is 4.40 Å². The van der Waals surface area contributed by atoms with Gasteiger partial charge in [0.2, 0.25) is 5.95 Å². The lowest BCUT2D eigenvalue weighted by atomic mass is 10.1. The highest BCUT2D eigenvalue weighted by atomic mass is 32.1. The summed E-state index contributed by atoms with van der Waals surface area (Å²) in [4.78, 5) is 5.24. The average molecular weight is 271 g/mol. The van der Waals surface area contributed by atoms with Crippen LogP contribution in [0.5, 0.6) is 0 Å². The summed E-state index contributed by atoms with van der Waals surface area (Å²) >= 11 is 1.67. The minimum atomic E-state index is 0.557. The zero-order valence-electron chi connectivity index (χ0n) is 11.0. The fourth-order valence-corrected chi connectivity index (χ4v) is 3.15. The van der Waals surface area contributed by atoms with Crippen molar-refractivity contribution in [3.63, 3.8) is 0 Å². The van der Waals surface area contributed by atoms with Crippen molar-refractivity contribution in [3.8, 4) is 11.3 Å². The summed E-state index contributed by atoms with van der Waals surface area (Å²) in [7, 11) is 0. The molecule has 0 bridgehead atoms. The number of anilines is 1. The second-order valence-electron chi connectivity index (χ2n) is 4.71. The van der Waals surface area contributed by atoms with Crippen LogP contribution >= 0.6 is 11.3 Å². The smallest absolute Gasteiger partial charge is 0.206 e. The maximum absolute atomic E-state index is 5.91. The van der Waals surface area contributed by atoms with Gasteiger partial charge in [0.05, 0.1) is 11.9 Å². The van der Waals surface area contributed by atoms with E-state index in [2.05, 4.69) is 41.6 Å². The molecule has 19 heavy (non-hydrogen) atoms. The van der Waals surface area contributed by atoms with Crippen LogP contribution in [0.3, 0.4) is 0 Å². The van der Waals surface area contributed by atoms with Crippen molar-refractivity contribution in [1.82, 2.24) is 9.38 Å². The van der Waals surface area contributed by atoms with E-state index in [-0.39, 0.29) is 0 Å². The van der Waals surface area contributed by atoms with E-state index in [9.17, 15) is 0 Å². The first kappa shape index (κ1) is 12.2. The Morgan fingerprint density at radius 1 is 1.26 bits per heavy atom. The SMILES string of the molecule is CCCCc1ccc(-c2csc3cnc(N)n23)cc1. The molecule has 2 heterocycles.